The predicted octanol–water partition coefficient (Wildman–Crippen LogP) is 3.25. The minimum atomic E-state index is -1.80. The summed E-state index contributed by atoms with van der Waals surface area (Å²) in [4.78, 5) is 23.8. The Morgan fingerprint density at radius 2 is 1.68 bits per heavy atom. The van der Waals surface area contributed by atoms with E-state index in [2.05, 4.69) is 57.5 Å². The molecule has 0 fully saturated rings. The van der Waals surface area contributed by atoms with Crippen LogP contribution in [0.1, 0.15) is 19.8 Å². The van der Waals surface area contributed by atoms with Crippen LogP contribution < -0.4 is 5.32 Å². The molecule has 0 aliphatic heterocycles. The Hall–Kier alpha value is -0.646. The number of unbranched alkanes of at least 4 members (excludes halogenated alkanes) is 1. The van der Waals surface area contributed by atoms with E-state index in [1.54, 1.807) is 0 Å². The molecule has 0 unspecified atom stereocenters. The molecule has 1 atom stereocenters. The summed E-state index contributed by atoms with van der Waals surface area (Å²) in [6.45, 7) is 15.6. The maximum Gasteiger partial charge on any atom is 0.224 e. The average molecular weight is 300 g/mol. The lowest BCUT2D eigenvalue weighted by molar-refractivity contribution is -0.120. The molecule has 0 rings (SSSR count). The number of carbonyl (C=O) groups excluding carboxylic acids is 2. The summed E-state index contributed by atoms with van der Waals surface area (Å²) in [7, 11) is -3.58. The molecule has 0 spiro atoms. The molecule has 0 aliphatic rings. The van der Waals surface area contributed by atoms with E-state index >= 15 is 0 Å². The highest BCUT2D eigenvalue weighted by atomic mass is 28.3. The number of carbonyl (C=O) groups is 1. The smallest absolute Gasteiger partial charge is 0.224 e. The molecule has 0 saturated carbocycles. The van der Waals surface area contributed by atoms with Crippen molar-refractivity contribution < 1.29 is 9.59 Å². The van der Waals surface area contributed by atoms with Crippen molar-refractivity contribution >= 4 is 28.0 Å². The van der Waals surface area contributed by atoms with Crippen molar-refractivity contribution in [1.82, 2.24) is 5.32 Å². The van der Waals surface area contributed by atoms with Crippen LogP contribution in [0.3, 0.4) is 0 Å². The molecule has 0 bridgehead atoms. The van der Waals surface area contributed by atoms with Crippen molar-refractivity contribution in [3.63, 3.8) is 0 Å². The zero-order valence-corrected chi connectivity index (χ0v) is 15.5. The molecule has 0 aromatic rings. The second-order valence-corrected chi connectivity index (χ2v) is 17.6. The molecule has 0 radical (unpaired) electrons. The highest BCUT2D eigenvalue weighted by Crippen LogP contribution is 2.34. The van der Waals surface area contributed by atoms with Gasteiger partial charge in [0.25, 0.3) is 0 Å². The molecule has 0 aromatic heterocycles. The highest BCUT2D eigenvalue weighted by Gasteiger charge is 2.41. The molecular weight excluding hydrogens is 270 g/mol. The number of rotatable bonds is 7. The van der Waals surface area contributed by atoms with Gasteiger partial charge in [0.05, 0.1) is 21.7 Å². The van der Waals surface area contributed by atoms with Gasteiger partial charge in [-0.1, -0.05) is 52.6 Å². The Kier molecular flexibility index (Phi) is 6.97. The fraction of sp³-hybridized carbons (Fsp3) is 0.786. The van der Waals surface area contributed by atoms with Gasteiger partial charge in [0.1, 0.15) is 5.94 Å². The summed E-state index contributed by atoms with van der Waals surface area (Å²) in [5.41, 5.74) is -0.228. The number of hydrogen-bond donors (Lipinski definition) is 1. The topological polar surface area (TPSA) is 46.2 Å². The normalized spacial score (nSPS) is 13.6. The molecule has 3 nitrogen and oxygen atoms in total. The minimum Gasteiger partial charge on any atom is -0.356 e. The molecule has 110 valence electrons. The third-order valence-electron chi connectivity index (χ3n) is 3.16. The van der Waals surface area contributed by atoms with Crippen molar-refractivity contribution in [3.8, 4) is 0 Å². The molecule has 1 amide bonds. The Labute approximate surface area is 119 Å². The van der Waals surface area contributed by atoms with E-state index in [1.165, 1.54) is 0 Å². The van der Waals surface area contributed by atoms with E-state index in [0.717, 1.165) is 18.0 Å². The Bertz CT molecular complexity index is 361. The zero-order valence-electron chi connectivity index (χ0n) is 13.5. The second-order valence-electron chi connectivity index (χ2n) is 7.21. The van der Waals surface area contributed by atoms with Crippen LogP contribution in [0.2, 0.25) is 44.8 Å². The first-order valence-electron chi connectivity index (χ1n) is 7.08. The molecule has 1 N–H and O–H groups in total. The summed E-state index contributed by atoms with van der Waals surface area (Å²) in [6, 6.07) is 0. The molecule has 5 heteroatoms. The molecule has 0 aliphatic carbocycles. The summed E-state index contributed by atoms with van der Waals surface area (Å²) in [6.07, 6.45) is 2.04. The predicted molar refractivity (Wildman–Crippen MR) is 87.6 cm³/mol. The SMILES string of the molecule is CCCCNC(=O)[C@H](C(=C=O)[Si](C)(C)C)[Si](C)(C)C. The first kappa shape index (κ1) is 18.4. The zero-order chi connectivity index (χ0) is 15.3. The van der Waals surface area contributed by atoms with E-state index in [9.17, 15) is 9.59 Å². The number of nitrogens with one attached hydrogen (secondary N) is 1. The van der Waals surface area contributed by atoms with Gasteiger partial charge < -0.3 is 5.32 Å². The number of hydrogen-bond acceptors (Lipinski definition) is 2. The maximum absolute atomic E-state index is 12.5. The summed E-state index contributed by atoms with van der Waals surface area (Å²) < 4.78 is 0. The monoisotopic (exact) mass is 299 g/mol. The van der Waals surface area contributed by atoms with Crippen LogP contribution in [0.25, 0.3) is 0 Å². The van der Waals surface area contributed by atoms with Crippen LogP contribution in [0.15, 0.2) is 5.20 Å². The van der Waals surface area contributed by atoms with Gasteiger partial charge >= 0.3 is 0 Å². The van der Waals surface area contributed by atoms with Crippen LogP contribution >= 0.6 is 0 Å². The van der Waals surface area contributed by atoms with Gasteiger partial charge in [-0.15, -0.1) is 0 Å². The fourth-order valence-corrected chi connectivity index (χ4v) is 7.81. The van der Waals surface area contributed by atoms with Gasteiger partial charge in [-0.25, -0.2) is 4.79 Å². The van der Waals surface area contributed by atoms with E-state index in [4.69, 9.17) is 0 Å². The quantitative estimate of drug-likeness (QED) is 0.445. The molecule has 19 heavy (non-hydrogen) atoms. The van der Waals surface area contributed by atoms with E-state index in [1.807, 2.05) is 0 Å². The van der Waals surface area contributed by atoms with Crippen LogP contribution in [0, 0.1) is 0 Å². The van der Waals surface area contributed by atoms with E-state index < -0.39 is 16.1 Å². The highest BCUT2D eigenvalue weighted by molar-refractivity contribution is 6.90. The molecule has 0 aromatic carbocycles. The minimum absolute atomic E-state index is 0.0355. The van der Waals surface area contributed by atoms with E-state index in [0.29, 0.717) is 6.54 Å². The largest absolute Gasteiger partial charge is 0.356 e. The standard InChI is InChI=1S/C14H29NO2Si2/c1-8-9-10-15-14(17)13(19(5,6)7)12(11-16)18(2,3)4/h13H,8-10H2,1-7H3,(H,15,17)/t13-/m0/s1. The molecule has 0 heterocycles. The van der Waals surface area contributed by atoms with Gasteiger partial charge in [-0.3, -0.25) is 4.79 Å². The van der Waals surface area contributed by atoms with Crippen molar-refractivity contribution in [1.29, 1.82) is 0 Å². The lowest BCUT2D eigenvalue weighted by Gasteiger charge is -2.33. The number of amides is 1. The average Bonchev–Trinajstić information content (AvgIpc) is 2.22. The van der Waals surface area contributed by atoms with Crippen LogP contribution in [0.4, 0.5) is 0 Å². The summed E-state index contributed by atoms with van der Waals surface area (Å²) in [5.74, 6) is 2.16. The first-order valence-corrected chi connectivity index (χ1v) is 14.2. The van der Waals surface area contributed by atoms with Crippen molar-refractivity contribution in [2.75, 3.05) is 6.54 Å². The Balaban J connectivity index is 5.25. The van der Waals surface area contributed by atoms with Crippen molar-refractivity contribution in [3.05, 3.63) is 5.20 Å². The lowest BCUT2D eigenvalue weighted by Crippen LogP contribution is -2.46. The van der Waals surface area contributed by atoms with Gasteiger partial charge in [-0.2, -0.15) is 0 Å². The van der Waals surface area contributed by atoms with Gasteiger partial charge in [0, 0.05) is 11.7 Å². The van der Waals surface area contributed by atoms with Gasteiger partial charge in [0.2, 0.25) is 5.91 Å². The first-order chi connectivity index (χ1) is 8.55. The van der Waals surface area contributed by atoms with Crippen molar-refractivity contribution in [2.45, 2.75) is 64.6 Å². The van der Waals surface area contributed by atoms with Crippen LogP contribution in [-0.2, 0) is 9.59 Å². The molecule has 0 saturated heterocycles. The van der Waals surface area contributed by atoms with Gasteiger partial charge in [0.15, 0.2) is 0 Å². The van der Waals surface area contributed by atoms with Crippen LogP contribution in [-0.4, -0.2) is 34.5 Å². The Morgan fingerprint density at radius 3 is 2.00 bits per heavy atom. The van der Waals surface area contributed by atoms with Crippen LogP contribution in [0.5, 0.6) is 0 Å². The third kappa shape index (κ3) is 5.89. The summed E-state index contributed by atoms with van der Waals surface area (Å²) >= 11 is 0. The third-order valence-corrected chi connectivity index (χ3v) is 7.74. The van der Waals surface area contributed by atoms with Crippen molar-refractivity contribution in [2.24, 2.45) is 0 Å². The molecular formula is C14H29NO2Si2. The Morgan fingerprint density at radius 1 is 1.16 bits per heavy atom. The van der Waals surface area contributed by atoms with Gasteiger partial charge in [-0.05, 0) is 6.42 Å². The lowest BCUT2D eigenvalue weighted by atomic mass is 10.3. The second kappa shape index (κ2) is 7.22. The fourth-order valence-electron chi connectivity index (χ4n) is 2.09. The maximum atomic E-state index is 12.5. The van der Waals surface area contributed by atoms with E-state index in [-0.39, 0.29) is 11.4 Å². The summed E-state index contributed by atoms with van der Waals surface area (Å²) in [5, 5.41) is 3.75.